The van der Waals surface area contributed by atoms with Crippen molar-refractivity contribution in [3.8, 4) is 0 Å². The Labute approximate surface area is 165 Å². The van der Waals surface area contributed by atoms with Gasteiger partial charge in [0.1, 0.15) is 5.70 Å². The van der Waals surface area contributed by atoms with Gasteiger partial charge in [0.15, 0.2) is 5.78 Å². The van der Waals surface area contributed by atoms with Crippen molar-refractivity contribution in [3.63, 3.8) is 0 Å². The van der Waals surface area contributed by atoms with Crippen LogP contribution in [0.4, 0.5) is 5.69 Å². The standard InChI is InChI=1S/C19H14Cl2N2O4/c20-11-5-6-15(22-16-10-17(25)23(7-8-24)19(16)27)13(9-11)18(26)12-3-1-2-4-14(12)21/h1-6,9-10,22,24H,7-8H2. The van der Waals surface area contributed by atoms with Gasteiger partial charge in [-0.1, -0.05) is 35.3 Å². The topological polar surface area (TPSA) is 86.7 Å². The molecule has 0 radical (unpaired) electrons. The highest BCUT2D eigenvalue weighted by Gasteiger charge is 2.31. The third-order valence-corrected chi connectivity index (χ3v) is 4.51. The van der Waals surface area contributed by atoms with E-state index in [4.69, 9.17) is 28.3 Å². The second-order valence-electron chi connectivity index (χ2n) is 5.70. The molecule has 0 spiro atoms. The predicted molar refractivity (Wildman–Crippen MR) is 102 cm³/mol. The summed E-state index contributed by atoms with van der Waals surface area (Å²) >= 11 is 12.1. The van der Waals surface area contributed by atoms with Crippen molar-refractivity contribution >= 4 is 46.5 Å². The highest BCUT2D eigenvalue weighted by molar-refractivity contribution is 6.36. The molecule has 0 atom stereocenters. The van der Waals surface area contributed by atoms with Crippen LogP contribution < -0.4 is 5.32 Å². The second-order valence-corrected chi connectivity index (χ2v) is 6.54. The summed E-state index contributed by atoms with van der Waals surface area (Å²) in [5.41, 5.74) is 0.804. The molecule has 0 saturated heterocycles. The average Bonchev–Trinajstić information content (AvgIpc) is 2.91. The maximum atomic E-state index is 12.9. The molecule has 0 aliphatic carbocycles. The number of hydrogen-bond donors (Lipinski definition) is 2. The molecular formula is C19H14Cl2N2O4. The van der Waals surface area contributed by atoms with Gasteiger partial charge >= 0.3 is 0 Å². The van der Waals surface area contributed by atoms with Gasteiger partial charge < -0.3 is 10.4 Å². The van der Waals surface area contributed by atoms with Crippen LogP contribution in [-0.4, -0.2) is 40.8 Å². The number of halogens is 2. The third kappa shape index (κ3) is 3.88. The summed E-state index contributed by atoms with van der Waals surface area (Å²) in [6.07, 6.45) is 1.12. The Hall–Kier alpha value is -2.67. The van der Waals surface area contributed by atoms with Crippen LogP contribution in [0.5, 0.6) is 0 Å². The minimum Gasteiger partial charge on any atom is -0.395 e. The summed E-state index contributed by atoms with van der Waals surface area (Å²) in [6, 6.07) is 11.1. The van der Waals surface area contributed by atoms with Crippen molar-refractivity contribution in [2.24, 2.45) is 0 Å². The van der Waals surface area contributed by atoms with Crippen molar-refractivity contribution in [1.29, 1.82) is 0 Å². The quantitative estimate of drug-likeness (QED) is 0.570. The fourth-order valence-electron chi connectivity index (χ4n) is 2.66. The summed E-state index contributed by atoms with van der Waals surface area (Å²) in [4.78, 5) is 38.0. The van der Waals surface area contributed by atoms with E-state index in [0.29, 0.717) is 10.7 Å². The lowest BCUT2D eigenvalue weighted by atomic mass is 10.0. The van der Waals surface area contributed by atoms with E-state index in [0.717, 1.165) is 11.0 Å². The van der Waals surface area contributed by atoms with Crippen molar-refractivity contribution in [2.75, 3.05) is 18.5 Å². The highest BCUT2D eigenvalue weighted by Crippen LogP contribution is 2.28. The largest absolute Gasteiger partial charge is 0.395 e. The molecule has 1 aliphatic heterocycles. The van der Waals surface area contributed by atoms with E-state index in [1.54, 1.807) is 36.4 Å². The Morgan fingerprint density at radius 1 is 1.07 bits per heavy atom. The van der Waals surface area contributed by atoms with Crippen LogP contribution in [0.25, 0.3) is 0 Å². The number of benzene rings is 2. The molecule has 138 valence electrons. The molecule has 8 heteroatoms. The fraction of sp³-hybridized carbons (Fsp3) is 0.105. The number of aliphatic hydroxyl groups excluding tert-OH is 1. The summed E-state index contributed by atoms with van der Waals surface area (Å²) in [7, 11) is 0. The van der Waals surface area contributed by atoms with E-state index < -0.39 is 11.8 Å². The molecular weight excluding hydrogens is 391 g/mol. The van der Waals surface area contributed by atoms with Gasteiger partial charge in [0.25, 0.3) is 11.8 Å². The van der Waals surface area contributed by atoms with Crippen molar-refractivity contribution < 1.29 is 19.5 Å². The molecule has 0 fully saturated rings. The zero-order valence-electron chi connectivity index (χ0n) is 13.9. The van der Waals surface area contributed by atoms with E-state index in [1.165, 1.54) is 6.07 Å². The highest BCUT2D eigenvalue weighted by atomic mass is 35.5. The molecule has 1 heterocycles. The minimum atomic E-state index is -0.583. The molecule has 0 unspecified atom stereocenters. The van der Waals surface area contributed by atoms with Crippen LogP contribution in [0.1, 0.15) is 15.9 Å². The Morgan fingerprint density at radius 3 is 2.52 bits per heavy atom. The number of imide groups is 1. The van der Waals surface area contributed by atoms with Gasteiger partial charge in [-0.15, -0.1) is 0 Å². The summed E-state index contributed by atoms with van der Waals surface area (Å²) < 4.78 is 0. The van der Waals surface area contributed by atoms with Crippen LogP contribution >= 0.6 is 23.2 Å². The van der Waals surface area contributed by atoms with Crippen molar-refractivity contribution in [3.05, 3.63) is 75.4 Å². The number of hydrogen-bond acceptors (Lipinski definition) is 5. The van der Waals surface area contributed by atoms with Crippen LogP contribution in [0, 0.1) is 0 Å². The number of nitrogens with one attached hydrogen (secondary N) is 1. The zero-order chi connectivity index (χ0) is 19.6. The normalized spacial score (nSPS) is 13.7. The molecule has 2 N–H and O–H groups in total. The van der Waals surface area contributed by atoms with Gasteiger partial charge in [-0.05, 0) is 30.3 Å². The first-order valence-electron chi connectivity index (χ1n) is 7.96. The molecule has 3 rings (SSSR count). The average molecular weight is 405 g/mol. The molecule has 0 saturated carbocycles. The van der Waals surface area contributed by atoms with Crippen LogP contribution in [0.2, 0.25) is 10.0 Å². The molecule has 0 bridgehead atoms. The minimum absolute atomic E-state index is 0.00369. The lowest BCUT2D eigenvalue weighted by Crippen LogP contribution is -2.34. The number of ketones is 1. The summed E-state index contributed by atoms with van der Waals surface area (Å²) in [6.45, 7) is -0.443. The fourth-order valence-corrected chi connectivity index (χ4v) is 3.05. The number of anilines is 1. The first-order valence-corrected chi connectivity index (χ1v) is 8.72. The first kappa shape index (κ1) is 19.1. The molecule has 2 aromatic rings. The molecule has 0 aromatic heterocycles. The number of carbonyl (C=O) groups is 3. The van der Waals surface area contributed by atoms with Crippen molar-refractivity contribution in [2.45, 2.75) is 0 Å². The Kier molecular flexibility index (Phi) is 5.60. The van der Waals surface area contributed by atoms with E-state index in [-0.39, 0.29) is 40.8 Å². The predicted octanol–water partition coefficient (Wildman–Crippen LogP) is 2.88. The van der Waals surface area contributed by atoms with Gasteiger partial charge in [0, 0.05) is 27.9 Å². The Bertz CT molecular complexity index is 972. The number of carbonyl (C=O) groups excluding carboxylic acids is 3. The van der Waals surface area contributed by atoms with E-state index in [2.05, 4.69) is 5.32 Å². The summed E-state index contributed by atoms with van der Waals surface area (Å²) in [5, 5.41) is 12.4. The SMILES string of the molecule is O=C(c1ccccc1Cl)c1cc(Cl)ccc1NC1=CC(=O)N(CCO)C1=O. The maximum Gasteiger partial charge on any atom is 0.277 e. The number of rotatable bonds is 6. The van der Waals surface area contributed by atoms with E-state index >= 15 is 0 Å². The van der Waals surface area contributed by atoms with Gasteiger partial charge in [-0.3, -0.25) is 19.3 Å². The molecule has 2 aromatic carbocycles. The maximum absolute atomic E-state index is 12.9. The third-order valence-electron chi connectivity index (χ3n) is 3.95. The number of β-amino-alcohol motifs (C(OH)–C–C–N with tert-alkyl or cyclic N) is 1. The zero-order valence-corrected chi connectivity index (χ0v) is 15.4. The van der Waals surface area contributed by atoms with E-state index in [1.807, 2.05) is 0 Å². The molecule has 1 aliphatic rings. The smallest absolute Gasteiger partial charge is 0.277 e. The lowest BCUT2D eigenvalue weighted by molar-refractivity contribution is -0.137. The van der Waals surface area contributed by atoms with Crippen molar-refractivity contribution in [1.82, 2.24) is 4.90 Å². The number of aliphatic hydroxyl groups is 1. The Balaban J connectivity index is 1.95. The van der Waals surface area contributed by atoms with Gasteiger partial charge in [0.2, 0.25) is 0 Å². The summed E-state index contributed by atoms with van der Waals surface area (Å²) in [5.74, 6) is -1.50. The van der Waals surface area contributed by atoms with Crippen LogP contribution in [0.15, 0.2) is 54.2 Å². The number of nitrogens with zero attached hydrogens (tertiary/aromatic N) is 1. The van der Waals surface area contributed by atoms with Crippen LogP contribution in [0.3, 0.4) is 0 Å². The Morgan fingerprint density at radius 2 is 1.81 bits per heavy atom. The van der Waals surface area contributed by atoms with E-state index in [9.17, 15) is 14.4 Å². The molecule has 27 heavy (non-hydrogen) atoms. The second kappa shape index (κ2) is 7.92. The molecule has 2 amide bonds. The molecule has 6 nitrogen and oxygen atoms in total. The lowest BCUT2D eigenvalue weighted by Gasteiger charge is -2.15. The monoisotopic (exact) mass is 404 g/mol. The first-order chi connectivity index (χ1) is 12.9. The van der Waals surface area contributed by atoms with Gasteiger partial charge in [-0.25, -0.2) is 0 Å². The van der Waals surface area contributed by atoms with Gasteiger partial charge in [0.05, 0.1) is 18.2 Å². The van der Waals surface area contributed by atoms with Crippen LogP contribution in [-0.2, 0) is 9.59 Å². The number of amides is 2. The van der Waals surface area contributed by atoms with Gasteiger partial charge in [-0.2, -0.15) is 0 Å².